The topological polar surface area (TPSA) is 86.3 Å². The largest absolute Gasteiger partial charge is 0.354 e. The molecule has 2 bridgehead atoms. The molecule has 2 fully saturated rings. The lowest BCUT2D eigenvalue weighted by atomic mass is 9.83. The number of aromatic amines is 1. The van der Waals surface area contributed by atoms with E-state index in [2.05, 4.69) is 37.4 Å². The molecule has 5 rings (SSSR count). The zero-order valence-corrected chi connectivity index (χ0v) is 16.9. The number of nitrogens with one attached hydrogen (secondary N) is 2. The van der Waals surface area contributed by atoms with Gasteiger partial charge in [-0.2, -0.15) is 5.10 Å². The summed E-state index contributed by atoms with van der Waals surface area (Å²) in [4.78, 5) is 29.3. The number of carbonyl (C=O) groups excluding carboxylic acids is 1. The van der Waals surface area contributed by atoms with Crippen LogP contribution in [0.3, 0.4) is 0 Å². The van der Waals surface area contributed by atoms with E-state index in [0.717, 1.165) is 61.8 Å². The summed E-state index contributed by atoms with van der Waals surface area (Å²) in [6.07, 6.45) is 1.15. The predicted molar refractivity (Wildman–Crippen MR) is 108 cm³/mol. The van der Waals surface area contributed by atoms with Gasteiger partial charge in [0.05, 0.1) is 12.2 Å². The number of rotatable bonds is 4. The molecule has 0 unspecified atom stereocenters. The maximum atomic E-state index is 13.2. The van der Waals surface area contributed by atoms with Crippen molar-refractivity contribution in [3.63, 3.8) is 0 Å². The Labute approximate surface area is 169 Å². The fraction of sp³-hybridized carbons (Fsp3) is 0.571. The van der Waals surface area contributed by atoms with Gasteiger partial charge in [0.25, 0.3) is 5.56 Å². The van der Waals surface area contributed by atoms with Crippen molar-refractivity contribution in [3.8, 4) is 0 Å². The molecule has 2 aromatic heterocycles. The number of aromatic nitrogens is 3. The zero-order chi connectivity index (χ0) is 20.0. The van der Waals surface area contributed by atoms with Crippen molar-refractivity contribution in [1.82, 2.24) is 29.9 Å². The van der Waals surface area contributed by atoms with Gasteiger partial charge in [-0.3, -0.25) is 24.5 Å². The minimum absolute atomic E-state index is 0.0380. The molecule has 2 atom stereocenters. The van der Waals surface area contributed by atoms with Crippen LogP contribution in [-0.4, -0.2) is 63.2 Å². The Bertz CT molecular complexity index is 980. The first-order valence-corrected chi connectivity index (χ1v) is 10.5. The second kappa shape index (κ2) is 7.42. The Morgan fingerprint density at radius 1 is 1.14 bits per heavy atom. The number of piperazine rings is 1. The third-order valence-electron chi connectivity index (χ3n) is 6.41. The SMILES string of the molecule is Cc1cc(CN2C[C@@H]3C[C@H](C2)c2ccc(CN4CCNC(=O)C4)c(=O)n2C3)n[nH]1. The van der Waals surface area contributed by atoms with Crippen LogP contribution in [0.5, 0.6) is 0 Å². The van der Waals surface area contributed by atoms with E-state index in [9.17, 15) is 9.59 Å². The molecule has 0 aromatic carbocycles. The Kier molecular flexibility index (Phi) is 4.75. The summed E-state index contributed by atoms with van der Waals surface area (Å²) in [5.41, 5.74) is 4.26. The molecule has 2 aromatic rings. The van der Waals surface area contributed by atoms with E-state index in [1.165, 1.54) is 0 Å². The van der Waals surface area contributed by atoms with Crippen molar-refractivity contribution in [2.45, 2.75) is 38.9 Å². The molecular formula is C21H28N6O2. The van der Waals surface area contributed by atoms with Gasteiger partial charge in [0, 0.05) is 68.7 Å². The predicted octanol–water partition coefficient (Wildman–Crippen LogP) is 0.431. The molecule has 29 heavy (non-hydrogen) atoms. The first-order valence-electron chi connectivity index (χ1n) is 10.5. The lowest BCUT2D eigenvalue weighted by Gasteiger charge is -2.42. The van der Waals surface area contributed by atoms with Gasteiger partial charge in [0.1, 0.15) is 0 Å². The number of pyridine rings is 1. The fourth-order valence-electron chi connectivity index (χ4n) is 5.19. The van der Waals surface area contributed by atoms with Gasteiger partial charge >= 0.3 is 0 Å². The number of amides is 1. The van der Waals surface area contributed by atoms with E-state index in [0.29, 0.717) is 31.5 Å². The molecule has 0 spiro atoms. The first-order chi connectivity index (χ1) is 14.0. The summed E-state index contributed by atoms with van der Waals surface area (Å²) >= 11 is 0. The minimum Gasteiger partial charge on any atom is -0.354 e. The monoisotopic (exact) mass is 396 g/mol. The number of H-pyrrole nitrogens is 1. The standard InChI is InChI=1S/C21H28N6O2/c1-14-6-18(24-23-14)12-26-8-15-7-17(11-26)19-3-2-16(21(29)27(19)9-15)10-25-5-4-22-20(28)13-25/h2-3,6,15,17H,4-5,7-13H2,1H3,(H,22,28)(H,23,24)/t15-,17+/m0/s1. The van der Waals surface area contributed by atoms with Crippen molar-refractivity contribution in [1.29, 1.82) is 0 Å². The molecule has 0 radical (unpaired) electrons. The van der Waals surface area contributed by atoms with Crippen molar-refractivity contribution < 1.29 is 4.79 Å². The van der Waals surface area contributed by atoms with E-state index < -0.39 is 0 Å². The van der Waals surface area contributed by atoms with Gasteiger partial charge in [-0.25, -0.2) is 0 Å². The van der Waals surface area contributed by atoms with E-state index in [-0.39, 0.29) is 11.5 Å². The number of hydrogen-bond acceptors (Lipinski definition) is 5. The normalized spacial score (nSPS) is 24.9. The minimum atomic E-state index is 0.0380. The van der Waals surface area contributed by atoms with E-state index in [1.807, 2.05) is 17.6 Å². The van der Waals surface area contributed by atoms with Crippen molar-refractivity contribution in [2.24, 2.45) is 5.92 Å². The van der Waals surface area contributed by atoms with Crippen molar-refractivity contribution >= 4 is 5.91 Å². The number of likely N-dealkylation sites (tertiary alicyclic amines) is 1. The fourth-order valence-corrected chi connectivity index (χ4v) is 5.19. The highest BCUT2D eigenvalue weighted by Crippen LogP contribution is 2.35. The van der Waals surface area contributed by atoms with Crippen LogP contribution in [0.4, 0.5) is 0 Å². The molecule has 8 heteroatoms. The molecule has 8 nitrogen and oxygen atoms in total. The molecule has 1 amide bonds. The molecule has 3 aliphatic rings. The highest BCUT2D eigenvalue weighted by atomic mass is 16.2. The number of fused-ring (bicyclic) bond motifs is 4. The highest BCUT2D eigenvalue weighted by molar-refractivity contribution is 5.78. The van der Waals surface area contributed by atoms with Crippen LogP contribution in [0.1, 0.15) is 35.0 Å². The molecule has 154 valence electrons. The summed E-state index contributed by atoms with van der Waals surface area (Å²) in [5.74, 6) is 0.927. The maximum absolute atomic E-state index is 13.2. The van der Waals surface area contributed by atoms with Crippen LogP contribution in [-0.2, 0) is 24.4 Å². The van der Waals surface area contributed by atoms with Gasteiger partial charge in [-0.05, 0) is 31.4 Å². The second-order valence-electron chi connectivity index (χ2n) is 8.79. The summed E-state index contributed by atoms with van der Waals surface area (Å²) in [6.45, 7) is 8.00. The molecular weight excluding hydrogens is 368 g/mol. The Morgan fingerprint density at radius 2 is 2.03 bits per heavy atom. The van der Waals surface area contributed by atoms with Gasteiger partial charge in [-0.1, -0.05) is 6.07 Å². The molecule has 0 aliphatic carbocycles. The Morgan fingerprint density at radius 3 is 2.83 bits per heavy atom. The maximum Gasteiger partial charge on any atom is 0.255 e. The summed E-state index contributed by atoms with van der Waals surface area (Å²) in [5, 5.41) is 10.2. The number of aryl methyl sites for hydroxylation is 1. The van der Waals surface area contributed by atoms with Gasteiger partial charge in [-0.15, -0.1) is 0 Å². The lowest BCUT2D eigenvalue weighted by molar-refractivity contribution is -0.124. The lowest BCUT2D eigenvalue weighted by Crippen LogP contribution is -2.49. The van der Waals surface area contributed by atoms with Crippen molar-refractivity contribution in [2.75, 3.05) is 32.7 Å². The van der Waals surface area contributed by atoms with E-state index in [4.69, 9.17) is 0 Å². The van der Waals surface area contributed by atoms with E-state index >= 15 is 0 Å². The highest BCUT2D eigenvalue weighted by Gasteiger charge is 2.35. The number of carbonyl (C=O) groups is 1. The van der Waals surface area contributed by atoms with Crippen molar-refractivity contribution in [3.05, 3.63) is 51.2 Å². The average molecular weight is 396 g/mol. The summed E-state index contributed by atoms with van der Waals surface area (Å²) < 4.78 is 2.01. The summed E-state index contributed by atoms with van der Waals surface area (Å²) in [7, 11) is 0. The first kappa shape index (κ1) is 18.6. The van der Waals surface area contributed by atoms with Gasteiger partial charge in [0.2, 0.25) is 5.91 Å². The third kappa shape index (κ3) is 3.74. The smallest absolute Gasteiger partial charge is 0.255 e. The quantitative estimate of drug-likeness (QED) is 0.783. The van der Waals surface area contributed by atoms with Crippen LogP contribution in [0.2, 0.25) is 0 Å². The van der Waals surface area contributed by atoms with Crippen LogP contribution in [0.15, 0.2) is 23.0 Å². The average Bonchev–Trinajstić information content (AvgIpc) is 3.09. The molecule has 2 N–H and O–H groups in total. The Hall–Kier alpha value is -2.45. The van der Waals surface area contributed by atoms with E-state index in [1.54, 1.807) is 0 Å². The number of piperidine rings is 1. The van der Waals surface area contributed by atoms with Gasteiger partial charge < -0.3 is 9.88 Å². The van der Waals surface area contributed by atoms with Crippen LogP contribution in [0.25, 0.3) is 0 Å². The van der Waals surface area contributed by atoms with Crippen LogP contribution in [0, 0.1) is 12.8 Å². The second-order valence-corrected chi connectivity index (χ2v) is 8.79. The number of hydrogen-bond donors (Lipinski definition) is 2. The molecule has 3 aliphatic heterocycles. The molecule has 2 saturated heterocycles. The zero-order valence-electron chi connectivity index (χ0n) is 16.9. The van der Waals surface area contributed by atoms with Crippen LogP contribution < -0.4 is 10.9 Å². The molecule has 5 heterocycles. The summed E-state index contributed by atoms with van der Waals surface area (Å²) in [6, 6.07) is 6.23. The van der Waals surface area contributed by atoms with Crippen LogP contribution >= 0.6 is 0 Å². The van der Waals surface area contributed by atoms with Gasteiger partial charge in [0.15, 0.2) is 0 Å². The third-order valence-corrected chi connectivity index (χ3v) is 6.41. The Balaban J connectivity index is 1.33. The molecule has 0 saturated carbocycles. The number of nitrogens with zero attached hydrogens (tertiary/aromatic N) is 4.